The Kier molecular flexibility index (Phi) is 3.47. The summed E-state index contributed by atoms with van der Waals surface area (Å²) in [6, 6.07) is 10.5. The number of anilines is 2. The molecule has 0 saturated carbocycles. The van der Waals surface area contributed by atoms with Gasteiger partial charge in [0.25, 0.3) is 0 Å². The molecule has 16 heavy (non-hydrogen) atoms. The molecule has 1 heterocycles. The van der Waals surface area contributed by atoms with E-state index in [9.17, 15) is 0 Å². The van der Waals surface area contributed by atoms with Crippen molar-refractivity contribution in [2.45, 2.75) is 19.4 Å². The first kappa shape index (κ1) is 11.0. The predicted octanol–water partition coefficient (Wildman–Crippen LogP) is 3.37. The molecular formula is C13H16N2S. The maximum absolute atomic E-state index is 5.64. The molecule has 0 amide bonds. The van der Waals surface area contributed by atoms with Gasteiger partial charge < -0.3 is 11.1 Å². The highest BCUT2D eigenvalue weighted by molar-refractivity contribution is 7.07. The van der Waals surface area contributed by atoms with E-state index in [0.29, 0.717) is 6.04 Å². The zero-order valence-electron chi connectivity index (χ0n) is 9.31. The van der Waals surface area contributed by atoms with E-state index in [2.05, 4.69) is 29.1 Å². The molecule has 1 aromatic heterocycles. The maximum atomic E-state index is 5.64. The number of nitrogens with two attached hydrogens (primary N) is 1. The van der Waals surface area contributed by atoms with Gasteiger partial charge in [0.2, 0.25) is 0 Å². The fourth-order valence-electron chi connectivity index (χ4n) is 1.68. The molecule has 1 aromatic carbocycles. The molecule has 0 aliphatic carbocycles. The predicted molar refractivity (Wildman–Crippen MR) is 72.0 cm³/mol. The summed E-state index contributed by atoms with van der Waals surface area (Å²) < 4.78 is 0. The van der Waals surface area contributed by atoms with Crippen LogP contribution >= 0.6 is 11.3 Å². The molecule has 2 rings (SSSR count). The normalized spacial score (nSPS) is 12.3. The second-order valence-electron chi connectivity index (χ2n) is 4.00. The van der Waals surface area contributed by atoms with Crippen molar-refractivity contribution in [2.75, 3.05) is 11.1 Å². The highest BCUT2D eigenvalue weighted by atomic mass is 32.1. The van der Waals surface area contributed by atoms with Crippen LogP contribution in [-0.2, 0) is 6.42 Å². The Morgan fingerprint density at radius 1 is 1.25 bits per heavy atom. The number of nitrogen functional groups attached to an aromatic ring is 1. The minimum atomic E-state index is 0.429. The molecule has 3 heteroatoms. The largest absolute Gasteiger partial charge is 0.399 e. The van der Waals surface area contributed by atoms with Crippen molar-refractivity contribution >= 4 is 22.7 Å². The van der Waals surface area contributed by atoms with Crippen LogP contribution in [0.2, 0.25) is 0 Å². The van der Waals surface area contributed by atoms with Gasteiger partial charge in [0, 0.05) is 17.4 Å². The van der Waals surface area contributed by atoms with Crippen LogP contribution in [0.25, 0.3) is 0 Å². The van der Waals surface area contributed by atoms with E-state index in [-0.39, 0.29) is 0 Å². The molecule has 0 spiro atoms. The molecule has 3 N–H and O–H groups in total. The number of nitrogens with one attached hydrogen (secondary N) is 1. The van der Waals surface area contributed by atoms with Gasteiger partial charge in [-0.25, -0.2) is 0 Å². The molecule has 0 radical (unpaired) electrons. The first-order chi connectivity index (χ1) is 7.74. The number of thiophene rings is 1. The average molecular weight is 232 g/mol. The number of hydrogen-bond acceptors (Lipinski definition) is 3. The molecule has 1 atom stereocenters. The van der Waals surface area contributed by atoms with Crippen molar-refractivity contribution in [1.82, 2.24) is 0 Å². The Balaban J connectivity index is 1.92. The Morgan fingerprint density at radius 2 is 2.00 bits per heavy atom. The summed E-state index contributed by atoms with van der Waals surface area (Å²) in [4.78, 5) is 0. The molecular weight excluding hydrogens is 216 g/mol. The summed E-state index contributed by atoms with van der Waals surface area (Å²) in [6.45, 7) is 2.19. The topological polar surface area (TPSA) is 38.0 Å². The molecule has 0 saturated heterocycles. The Hall–Kier alpha value is -1.48. The first-order valence-electron chi connectivity index (χ1n) is 5.37. The highest BCUT2D eigenvalue weighted by Gasteiger charge is 2.03. The minimum absolute atomic E-state index is 0.429. The van der Waals surface area contributed by atoms with Gasteiger partial charge >= 0.3 is 0 Å². The Bertz CT molecular complexity index is 420. The van der Waals surface area contributed by atoms with Crippen LogP contribution in [0.5, 0.6) is 0 Å². The third-order valence-electron chi connectivity index (χ3n) is 2.45. The van der Waals surface area contributed by atoms with Crippen LogP contribution in [0, 0.1) is 0 Å². The van der Waals surface area contributed by atoms with Gasteiger partial charge in [-0.1, -0.05) is 0 Å². The Labute approximate surface area is 100 Å². The van der Waals surface area contributed by atoms with Crippen molar-refractivity contribution in [3.63, 3.8) is 0 Å². The van der Waals surface area contributed by atoms with E-state index in [4.69, 9.17) is 5.73 Å². The SMILES string of the molecule is CC(Cc1ccsc1)Nc1ccc(N)cc1. The van der Waals surface area contributed by atoms with Crippen molar-refractivity contribution in [1.29, 1.82) is 0 Å². The van der Waals surface area contributed by atoms with Crippen LogP contribution in [0.15, 0.2) is 41.1 Å². The lowest BCUT2D eigenvalue weighted by Crippen LogP contribution is -2.17. The second kappa shape index (κ2) is 5.03. The smallest absolute Gasteiger partial charge is 0.0343 e. The Morgan fingerprint density at radius 3 is 2.62 bits per heavy atom. The standard InChI is InChI=1S/C13H16N2S/c1-10(8-11-6-7-16-9-11)15-13-4-2-12(14)3-5-13/h2-7,9-10,15H,8,14H2,1H3. The first-order valence-corrected chi connectivity index (χ1v) is 6.31. The third kappa shape index (κ3) is 3.00. The molecule has 2 aromatic rings. The van der Waals surface area contributed by atoms with Crippen LogP contribution < -0.4 is 11.1 Å². The van der Waals surface area contributed by atoms with Crippen LogP contribution in [0.3, 0.4) is 0 Å². The average Bonchev–Trinajstić information content (AvgIpc) is 2.74. The molecule has 0 aliphatic rings. The van der Waals surface area contributed by atoms with Crippen molar-refractivity contribution in [2.24, 2.45) is 0 Å². The van der Waals surface area contributed by atoms with Crippen molar-refractivity contribution in [3.8, 4) is 0 Å². The molecule has 84 valence electrons. The molecule has 2 nitrogen and oxygen atoms in total. The summed E-state index contributed by atoms with van der Waals surface area (Å²) in [7, 11) is 0. The lowest BCUT2D eigenvalue weighted by molar-refractivity contribution is 0.793. The van der Waals surface area contributed by atoms with E-state index in [1.165, 1.54) is 5.56 Å². The zero-order chi connectivity index (χ0) is 11.4. The molecule has 0 fully saturated rings. The fourth-order valence-corrected chi connectivity index (χ4v) is 2.36. The van der Waals surface area contributed by atoms with Gasteiger partial charge in [-0.2, -0.15) is 11.3 Å². The number of benzene rings is 1. The maximum Gasteiger partial charge on any atom is 0.0343 e. The van der Waals surface area contributed by atoms with Gasteiger partial charge in [0.15, 0.2) is 0 Å². The van der Waals surface area contributed by atoms with Gasteiger partial charge in [-0.05, 0) is 60.0 Å². The third-order valence-corrected chi connectivity index (χ3v) is 3.18. The van der Waals surface area contributed by atoms with E-state index in [0.717, 1.165) is 17.8 Å². The molecule has 0 bridgehead atoms. The molecule has 0 aliphatic heterocycles. The summed E-state index contributed by atoms with van der Waals surface area (Å²) >= 11 is 1.75. The lowest BCUT2D eigenvalue weighted by Gasteiger charge is -2.14. The minimum Gasteiger partial charge on any atom is -0.399 e. The van der Waals surface area contributed by atoms with Gasteiger partial charge in [-0.3, -0.25) is 0 Å². The monoisotopic (exact) mass is 232 g/mol. The van der Waals surface area contributed by atoms with E-state index in [1.54, 1.807) is 11.3 Å². The van der Waals surface area contributed by atoms with Crippen molar-refractivity contribution < 1.29 is 0 Å². The highest BCUT2D eigenvalue weighted by Crippen LogP contribution is 2.14. The van der Waals surface area contributed by atoms with Crippen LogP contribution in [-0.4, -0.2) is 6.04 Å². The van der Waals surface area contributed by atoms with Crippen molar-refractivity contribution in [3.05, 3.63) is 46.7 Å². The second-order valence-corrected chi connectivity index (χ2v) is 4.78. The van der Waals surface area contributed by atoms with Crippen LogP contribution in [0.1, 0.15) is 12.5 Å². The van der Waals surface area contributed by atoms with Crippen LogP contribution in [0.4, 0.5) is 11.4 Å². The van der Waals surface area contributed by atoms with E-state index in [1.807, 2.05) is 24.3 Å². The molecule has 1 unspecified atom stereocenters. The van der Waals surface area contributed by atoms with Gasteiger partial charge in [-0.15, -0.1) is 0 Å². The quantitative estimate of drug-likeness (QED) is 0.793. The summed E-state index contributed by atoms with van der Waals surface area (Å²) in [5.74, 6) is 0. The summed E-state index contributed by atoms with van der Waals surface area (Å²) in [6.07, 6.45) is 1.05. The number of hydrogen-bond donors (Lipinski definition) is 2. The number of rotatable bonds is 4. The van der Waals surface area contributed by atoms with Gasteiger partial charge in [0.05, 0.1) is 0 Å². The van der Waals surface area contributed by atoms with Gasteiger partial charge in [0.1, 0.15) is 0 Å². The summed E-state index contributed by atoms with van der Waals surface area (Å²) in [5, 5.41) is 7.77. The summed E-state index contributed by atoms with van der Waals surface area (Å²) in [5.41, 5.74) is 8.95. The zero-order valence-corrected chi connectivity index (χ0v) is 10.1. The lowest BCUT2D eigenvalue weighted by atomic mass is 10.1. The van der Waals surface area contributed by atoms with E-state index < -0.39 is 0 Å². The fraction of sp³-hybridized carbons (Fsp3) is 0.231. The van der Waals surface area contributed by atoms with E-state index >= 15 is 0 Å².